The zero-order valence-electron chi connectivity index (χ0n) is 11.4. The Kier molecular flexibility index (Phi) is 4.81. The minimum atomic E-state index is -4.49. The van der Waals surface area contributed by atoms with Crippen molar-refractivity contribution in [3.8, 4) is 0 Å². The van der Waals surface area contributed by atoms with Crippen LogP contribution in [0.4, 0.5) is 18.9 Å². The number of benzene rings is 1. The molecule has 3 nitrogen and oxygen atoms in total. The van der Waals surface area contributed by atoms with Gasteiger partial charge in [0, 0.05) is 24.9 Å². The van der Waals surface area contributed by atoms with E-state index in [1.165, 1.54) is 17.0 Å². The van der Waals surface area contributed by atoms with Crippen molar-refractivity contribution in [2.45, 2.75) is 26.1 Å². The number of carboxylic acid groups (broad SMARTS) is 1. The van der Waals surface area contributed by atoms with Gasteiger partial charge in [0.1, 0.15) is 0 Å². The second-order valence-electron chi connectivity index (χ2n) is 4.65. The molecule has 0 aliphatic heterocycles. The van der Waals surface area contributed by atoms with Crippen LogP contribution >= 0.6 is 0 Å². The van der Waals surface area contributed by atoms with Crippen LogP contribution in [0.5, 0.6) is 0 Å². The molecule has 6 heteroatoms. The van der Waals surface area contributed by atoms with Gasteiger partial charge in [-0.3, -0.25) is 0 Å². The largest absolute Gasteiger partial charge is 0.478 e. The van der Waals surface area contributed by atoms with E-state index in [0.717, 1.165) is 18.2 Å². The van der Waals surface area contributed by atoms with Crippen molar-refractivity contribution < 1.29 is 23.1 Å². The molecule has 1 aromatic rings. The highest BCUT2D eigenvalue weighted by atomic mass is 19.4. The van der Waals surface area contributed by atoms with E-state index in [0.29, 0.717) is 0 Å². The maximum absolute atomic E-state index is 13.1. The summed E-state index contributed by atoms with van der Waals surface area (Å²) in [5, 5.41) is 8.50. The average Bonchev–Trinajstić information content (AvgIpc) is 2.34. The van der Waals surface area contributed by atoms with Crippen LogP contribution in [0.25, 0.3) is 6.08 Å². The first-order valence-corrected chi connectivity index (χ1v) is 5.98. The van der Waals surface area contributed by atoms with Gasteiger partial charge >= 0.3 is 12.1 Å². The van der Waals surface area contributed by atoms with Gasteiger partial charge in [-0.25, -0.2) is 4.79 Å². The van der Waals surface area contributed by atoms with Gasteiger partial charge in [-0.2, -0.15) is 13.2 Å². The molecular weight excluding hydrogens is 271 g/mol. The molecule has 0 unspecified atom stereocenters. The van der Waals surface area contributed by atoms with Gasteiger partial charge in [-0.05, 0) is 37.6 Å². The zero-order chi connectivity index (χ0) is 15.5. The summed E-state index contributed by atoms with van der Waals surface area (Å²) in [7, 11) is 1.59. The number of alkyl halides is 3. The fourth-order valence-corrected chi connectivity index (χ4v) is 1.64. The number of nitrogens with zero attached hydrogens (tertiary/aromatic N) is 1. The lowest BCUT2D eigenvalue weighted by Crippen LogP contribution is -2.28. The van der Waals surface area contributed by atoms with Gasteiger partial charge in [0.25, 0.3) is 0 Å². The molecule has 0 heterocycles. The van der Waals surface area contributed by atoms with E-state index in [9.17, 15) is 18.0 Å². The highest BCUT2D eigenvalue weighted by Crippen LogP contribution is 2.37. The van der Waals surface area contributed by atoms with Gasteiger partial charge in [-0.1, -0.05) is 6.07 Å². The lowest BCUT2D eigenvalue weighted by Gasteiger charge is -2.27. The van der Waals surface area contributed by atoms with Crippen molar-refractivity contribution in [2.24, 2.45) is 0 Å². The first kappa shape index (κ1) is 16.1. The second-order valence-corrected chi connectivity index (χ2v) is 4.65. The summed E-state index contributed by atoms with van der Waals surface area (Å²) < 4.78 is 39.3. The van der Waals surface area contributed by atoms with Crippen molar-refractivity contribution in [1.82, 2.24) is 0 Å². The number of aliphatic carboxylic acids is 1. The SMILES string of the molecule is CC(C)N(C)c1ccc(/C=C/C(=O)O)cc1C(F)(F)F. The molecule has 20 heavy (non-hydrogen) atoms. The van der Waals surface area contributed by atoms with Crippen molar-refractivity contribution in [2.75, 3.05) is 11.9 Å². The van der Waals surface area contributed by atoms with Gasteiger partial charge < -0.3 is 10.0 Å². The molecule has 0 atom stereocenters. The number of halogens is 3. The van der Waals surface area contributed by atoms with Crippen molar-refractivity contribution >= 4 is 17.7 Å². The molecule has 110 valence electrons. The van der Waals surface area contributed by atoms with E-state index in [1.807, 2.05) is 0 Å². The molecule has 1 aromatic carbocycles. The monoisotopic (exact) mass is 287 g/mol. The molecule has 0 spiro atoms. The fraction of sp³-hybridized carbons (Fsp3) is 0.357. The summed E-state index contributed by atoms with van der Waals surface area (Å²) >= 11 is 0. The third kappa shape index (κ3) is 4.01. The van der Waals surface area contributed by atoms with E-state index >= 15 is 0 Å². The number of carboxylic acids is 1. The summed E-state index contributed by atoms with van der Waals surface area (Å²) in [6.07, 6.45) is -2.55. The highest BCUT2D eigenvalue weighted by Gasteiger charge is 2.34. The first-order valence-electron chi connectivity index (χ1n) is 5.98. The first-order chi connectivity index (χ1) is 9.12. The van der Waals surface area contributed by atoms with E-state index < -0.39 is 17.7 Å². The molecule has 0 saturated carbocycles. The molecule has 1 rings (SSSR count). The smallest absolute Gasteiger partial charge is 0.418 e. The van der Waals surface area contributed by atoms with Gasteiger partial charge in [0.2, 0.25) is 0 Å². The van der Waals surface area contributed by atoms with Crippen LogP contribution in [0.3, 0.4) is 0 Å². The van der Waals surface area contributed by atoms with Crippen molar-refractivity contribution in [3.63, 3.8) is 0 Å². The lowest BCUT2D eigenvalue weighted by molar-refractivity contribution is -0.137. The number of carbonyl (C=O) groups is 1. The number of hydrogen-bond donors (Lipinski definition) is 1. The summed E-state index contributed by atoms with van der Waals surface area (Å²) in [6, 6.07) is 3.68. The molecular formula is C14H16F3NO2. The van der Waals surface area contributed by atoms with E-state index in [2.05, 4.69) is 0 Å². The zero-order valence-corrected chi connectivity index (χ0v) is 11.4. The van der Waals surface area contributed by atoms with Crippen LogP contribution in [0.15, 0.2) is 24.3 Å². The Morgan fingerprint density at radius 2 is 1.95 bits per heavy atom. The van der Waals surface area contributed by atoms with Gasteiger partial charge in [0.05, 0.1) is 5.56 Å². The molecule has 0 bridgehead atoms. The van der Waals surface area contributed by atoms with E-state index in [-0.39, 0.29) is 17.3 Å². The number of hydrogen-bond acceptors (Lipinski definition) is 2. The Labute approximate surface area is 115 Å². The van der Waals surface area contributed by atoms with E-state index in [1.54, 1.807) is 20.9 Å². The summed E-state index contributed by atoms with van der Waals surface area (Å²) in [6.45, 7) is 3.58. The van der Waals surface area contributed by atoms with Gasteiger partial charge in [-0.15, -0.1) is 0 Å². The summed E-state index contributed by atoms with van der Waals surface area (Å²) in [4.78, 5) is 11.9. The Balaban J connectivity index is 3.31. The molecule has 0 aliphatic rings. The minimum absolute atomic E-state index is 0.0694. The molecule has 0 radical (unpaired) electrons. The lowest BCUT2D eigenvalue weighted by atomic mass is 10.1. The molecule has 0 fully saturated rings. The topological polar surface area (TPSA) is 40.5 Å². The van der Waals surface area contributed by atoms with Crippen LogP contribution in [0, 0.1) is 0 Å². The Bertz CT molecular complexity index is 522. The molecule has 0 aromatic heterocycles. The Hall–Kier alpha value is -1.98. The molecule has 0 saturated heterocycles. The quantitative estimate of drug-likeness (QED) is 0.859. The van der Waals surface area contributed by atoms with Crippen LogP contribution in [0.1, 0.15) is 25.0 Å². The molecule has 0 amide bonds. The predicted molar refractivity (Wildman–Crippen MR) is 71.7 cm³/mol. The maximum atomic E-state index is 13.1. The second kappa shape index (κ2) is 5.98. The third-order valence-electron chi connectivity index (χ3n) is 2.90. The normalized spacial score (nSPS) is 12.2. The van der Waals surface area contributed by atoms with Crippen LogP contribution in [0.2, 0.25) is 0 Å². The van der Waals surface area contributed by atoms with Crippen molar-refractivity contribution in [1.29, 1.82) is 0 Å². The molecule has 0 aliphatic carbocycles. The number of rotatable bonds is 4. The molecule has 1 N–H and O–H groups in total. The average molecular weight is 287 g/mol. The third-order valence-corrected chi connectivity index (χ3v) is 2.90. The van der Waals surface area contributed by atoms with Crippen LogP contribution < -0.4 is 4.90 Å². The number of anilines is 1. The van der Waals surface area contributed by atoms with E-state index in [4.69, 9.17) is 5.11 Å². The van der Waals surface area contributed by atoms with Crippen LogP contribution in [-0.2, 0) is 11.0 Å². The standard InChI is InChI=1S/C14H16F3NO2/c1-9(2)18(3)12-6-4-10(5-7-13(19)20)8-11(12)14(15,16)17/h4-9H,1-3H3,(H,19,20)/b7-5+. The Morgan fingerprint density at radius 1 is 1.35 bits per heavy atom. The summed E-state index contributed by atoms with van der Waals surface area (Å²) in [5.74, 6) is -1.21. The fourth-order valence-electron chi connectivity index (χ4n) is 1.64. The van der Waals surface area contributed by atoms with Crippen molar-refractivity contribution in [3.05, 3.63) is 35.4 Å². The van der Waals surface area contributed by atoms with Crippen LogP contribution in [-0.4, -0.2) is 24.2 Å². The summed E-state index contributed by atoms with van der Waals surface area (Å²) in [5.41, 5.74) is -0.512. The Morgan fingerprint density at radius 3 is 2.40 bits per heavy atom. The maximum Gasteiger partial charge on any atom is 0.418 e. The van der Waals surface area contributed by atoms with Gasteiger partial charge in [0.15, 0.2) is 0 Å². The highest BCUT2D eigenvalue weighted by molar-refractivity contribution is 5.85. The minimum Gasteiger partial charge on any atom is -0.478 e. The predicted octanol–water partition coefficient (Wildman–Crippen LogP) is 3.65.